The molecular weight excluding hydrogens is 1330 g/mol. The van der Waals surface area contributed by atoms with Gasteiger partial charge in [-0.1, -0.05) is 142 Å². The number of hydrogen-bond acceptors (Lipinski definition) is 7. The zero-order valence-corrected chi connectivity index (χ0v) is 60.3. The van der Waals surface area contributed by atoms with Crippen molar-refractivity contribution in [3.63, 3.8) is 0 Å². The lowest BCUT2D eigenvalue weighted by Crippen LogP contribution is -2.51. The molecule has 6 aliphatic heterocycles. The summed E-state index contributed by atoms with van der Waals surface area (Å²) in [7, 11) is 0. The SMILES string of the molecule is C[C@@H]1CN(C2CCN(C(=O)c3ccc4ncccc4c3)CC2)CC[C@@H]1Cc1ccc(Cl)c(Cl)c1.Cc1ccccc1CC(=O)N1CCC(N2CCC(Cc3ccc(Br)cc3)CC2)CC1.Cc1ccccc1NC(=O)N1CCC(N2CCC(Cc3ccc(Cl)c(Cl)c3)CC2)CC1.[HH]. The Balaban J connectivity index is 0.000000156. The number of anilines is 1. The van der Waals surface area contributed by atoms with Gasteiger partial charge in [0.05, 0.1) is 32.0 Å². The number of urea groups is 1. The fourth-order valence-electron chi connectivity index (χ4n) is 15.6. The Labute approximate surface area is 594 Å². The molecule has 6 aromatic carbocycles. The first-order valence-corrected chi connectivity index (χ1v) is 37.3. The van der Waals surface area contributed by atoms with Gasteiger partial charge in [-0.15, -0.1) is 0 Å². The van der Waals surface area contributed by atoms with Crippen molar-refractivity contribution in [2.24, 2.45) is 23.7 Å². The van der Waals surface area contributed by atoms with Crippen molar-refractivity contribution < 1.29 is 15.8 Å². The number of pyridine rings is 1. The summed E-state index contributed by atoms with van der Waals surface area (Å²) in [5.41, 5.74) is 10.1. The normalized spacial score (nSPS) is 20.2. The summed E-state index contributed by atoms with van der Waals surface area (Å²) in [5, 5.41) is 6.62. The highest BCUT2D eigenvalue weighted by Gasteiger charge is 2.35. The summed E-state index contributed by atoms with van der Waals surface area (Å²) >= 11 is 28.0. The van der Waals surface area contributed by atoms with Crippen molar-refractivity contribution in [3.05, 3.63) is 209 Å². The zero-order chi connectivity index (χ0) is 66.4. The number of aromatic nitrogens is 1. The lowest BCUT2D eigenvalue weighted by molar-refractivity contribution is -0.132. The highest BCUT2D eigenvalue weighted by atomic mass is 79.9. The molecule has 4 amide bonds. The number of hydrogen-bond donors (Lipinski definition) is 1. The smallest absolute Gasteiger partial charge is 0.321 e. The Morgan fingerprint density at radius 1 is 0.505 bits per heavy atom. The van der Waals surface area contributed by atoms with Crippen molar-refractivity contribution in [3.8, 4) is 0 Å². The summed E-state index contributed by atoms with van der Waals surface area (Å²) in [5.74, 6) is 3.23. The van der Waals surface area contributed by atoms with Crippen molar-refractivity contribution >= 4 is 96.8 Å². The van der Waals surface area contributed by atoms with Gasteiger partial charge in [0.1, 0.15) is 0 Å². The molecule has 6 fully saturated rings. The minimum atomic E-state index is 0. The summed E-state index contributed by atoms with van der Waals surface area (Å²) in [6.07, 6.45) is 18.3. The molecule has 16 heteroatoms. The van der Waals surface area contributed by atoms with Gasteiger partial charge in [-0.3, -0.25) is 19.5 Å². The molecular formula is C79H97BrCl4N8O3. The van der Waals surface area contributed by atoms with Crippen LogP contribution in [0, 0.1) is 37.5 Å². The van der Waals surface area contributed by atoms with E-state index in [0.717, 1.165) is 160 Å². The fourth-order valence-corrected chi connectivity index (χ4v) is 16.5. The van der Waals surface area contributed by atoms with Crippen LogP contribution in [0.4, 0.5) is 10.5 Å². The van der Waals surface area contributed by atoms with Crippen molar-refractivity contribution in [2.45, 2.75) is 135 Å². The number of para-hydroxylation sites is 1. The number of halogens is 5. The third kappa shape index (κ3) is 19.6. The number of carbonyl (C=O) groups is 3. The van der Waals surface area contributed by atoms with Gasteiger partial charge in [0.25, 0.3) is 5.91 Å². The fraction of sp³-hybridized carbons (Fsp3) is 0.468. The van der Waals surface area contributed by atoms with E-state index in [0.29, 0.717) is 62.4 Å². The Hall–Kier alpha value is -5.54. The maximum absolute atomic E-state index is 13.1. The van der Waals surface area contributed by atoms with E-state index in [1.54, 1.807) is 6.20 Å². The monoisotopic (exact) mass is 1420 g/mol. The van der Waals surface area contributed by atoms with Crippen LogP contribution in [0.15, 0.2) is 150 Å². The summed E-state index contributed by atoms with van der Waals surface area (Å²) in [6.45, 7) is 18.6. The molecule has 7 aromatic rings. The average Bonchev–Trinajstić information content (AvgIpc) is 0.873. The number of nitrogens with one attached hydrogen (secondary N) is 1. The minimum absolute atomic E-state index is 0. The van der Waals surface area contributed by atoms with Gasteiger partial charge >= 0.3 is 6.03 Å². The maximum atomic E-state index is 13.1. The molecule has 0 aliphatic carbocycles. The van der Waals surface area contributed by atoms with Crippen LogP contribution in [0.2, 0.25) is 20.1 Å². The van der Waals surface area contributed by atoms with Gasteiger partial charge in [-0.25, -0.2) is 4.79 Å². The highest BCUT2D eigenvalue weighted by molar-refractivity contribution is 9.10. The topological polar surface area (TPSA) is 95.6 Å². The highest BCUT2D eigenvalue weighted by Crippen LogP contribution is 2.35. The molecule has 0 spiro atoms. The van der Waals surface area contributed by atoms with Gasteiger partial charge < -0.3 is 29.8 Å². The number of likely N-dealkylation sites (tertiary alicyclic amines) is 6. The number of rotatable bonds is 13. The minimum Gasteiger partial charge on any atom is -0.342 e. The number of amides is 4. The molecule has 506 valence electrons. The van der Waals surface area contributed by atoms with E-state index in [2.05, 4.69) is 108 Å². The molecule has 11 nitrogen and oxygen atoms in total. The van der Waals surface area contributed by atoms with Crippen molar-refractivity contribution in [1.82, 2.24) is 34.4 Å². The summed E-state index contributed by atoms with van der Waals surface area (Å²) in [6, 6.07) is 48.6. The molecule has 7 heterocycles. The molecule has 6 aliphatic rings. The van der Waals surface area contributed by atoms with Crippen LogP contribution >= 0.6 is 62.3 Å². The largest absolute Gasteiger partial charge is 0.342 e. The number of benzene rings is 6. The number of nitrogens with zero attached hydrogens (tertiary/aromatic N) is 7. The van der Waals surface area contributed by atoms with Gasteiger partial charge in [0.2, 0.25) is 5.91 Å². The van der Waals surface area contributed by atoms with Crippen LogP contribution in [0.5, 0.6) is 0 Å². The molecule has 1 N–H and O–H groups in total. The molecule has 13 rings (SSSR count). The Kier molecular flexibility index (Phi) is 25.5. The van der Waals surface area contributed by atoms with Crippen LogP contribution < -0.4 is 5.32 Å². The zero-order valence-electron chi connectivity index (χ0n) is 55.7. The average molecular weight is 1430 g/mol. The van der Waals surface area contributed by atoms with Crippen LogP contribution in [0.3, 0.4) is 0 Å². The van der Waals surface area contributed by atoms with Crippen LogP contribution in [0.25, 0.3) is 10.9 Å². The lowest BCUT2D eigenvalue weighted by atomic mass is 9.81. The first kappa shape index (κ1) is 70.8. The van der Waals surface area contributed by atoms with E-state index >= 15 is 0 Å². The molecule has 0 saturated carbocycles. The van der Waals surface area contributed by atoms with E-state index in [1.807, 2.05) is 108 Å². The third-order valence-electron chi connectivity index (χ3n) is 21.5. The van der Waals surface area contributed by atoms with Gasteiger partial charge in [0, 0.05) is 92.7 Å². The van der Waals surface area contributed by atoms with Crippen LogP contribution in [0.1, 0.15) is 123 Å². The first-order chi connectivity index (χ1) is 46.0. The van der Waals surface area contributed by atoms with E-state index in [-0.39, 0.29) is 19.3 Å². The van der Waals surface area contributed by atoms with Crippen LogP contribution in [-0.4, -0.2) is 149 Å². The molecule has 0 bridgehead atoms. The molecule has 1 aromatic heterocycles. The number of piperidine rings is 6. The van der Waals surface area contributed by atoms with E-state index < -0.39 is 0 Å². The van der Waals surface area contributed by atoms with Crippen molar-refractivity contribution in [2.75, 3.05) is 83.9 Å². The van der Waals surface area contributed by atoms with E-state index in [4.69, 9.17) is 46.4 Å². The predicted octanol–water partition coefficient (Wildman–Crippen LogP) is 18.1. The van der Waals surface area contributed by atoms with Gasteiger partial charge in [0.15, 0.2) is 0 Å². The number of carbonyl (C=O) groups excluding carboxylic acids is 3. The van der Waals surface area contributed by atoms with Crippen molar-refractivity contribution in [1.29, 1.82) is 0 Å². The second-order valence-corrected chi connectivity index (χ2v) is 30.4. The maximum Gasteiger partial charge on any atom is 0.321 e. The van der Waals surface area contributed by atoms with Gasteiger partial charge in [-0.2, -0.15) is 0 Å². The first-order valence-electron chi connectivity index (χ1n) is 35.0. The Morgan fingerprint density at radius 3 is 1.60 bits per heavy atom. The van der Waals surface area contributed by atoms with E-state index in [1.165, 1.54) is 73.9 Å². The predicted molar refractivity (Wildman–Crippen MR) is 398 cm³/mol. The molecule has 6 saturated heterocycles. The molecule has 2 atom stereocenters. The quantitative estimate of drug-likeness (QED) is 0.123. The number of fused-ring (bicyclic) bond motifs is 1. The lowest BCUT2D eigenvalue weighted by Gasteiger charge is -2.44. The summed E-state index contributed by atoms with van der Waals surface area (Å²) < 4.78 is 1.16. The second-order valence-electron chi connectivity index (χ2n) is 27.8. The Bertz CT molecular complexity index is 3680. The molecule has 0 unspecified atom stereocenters. The van der Waals surface area contributed by atoms with E-state index in [9.17, 15) is 14.4 Å². The summed E-state index contributed by atoms with van der Waals surface area (Å²) in [4.78, 5) is 56.9. The number of aryl methyl sites for hydroxylation is 2. The molecule has 95 heavy (non-hydrogen) atoms. The second kappa shape index (κ2) is 34.3. The Morgan fingerprint density at radius 2 is 1.02 bits per heavy atom. The van der Waals surface area contributed by atoms with Crippen LogP contribution in [-0.2, 0) is 30.5 Å². The standard InChI is InChI=1S/C28H31Cl2N3O.C26H33BrN2O.C25H31Cl2N3O.H2/c1-19-18-33(12-8-21(19)15-20-4-6-25(29)26(30)16-20)24-9-13-32(14-10-24)28(34)23-5-7-27-22(17-23)3-2-11-31-27;1-20-4-2-3-5-23(20)19-26(30)29-16-12-25(13-17-29)28-14-10-22(11-15-28)18-21-6-8-24(27)9-7-21;1-18-4-2-3-5-24(18)28-25(31)30-14-10-21(11-15-30)29-12-8-19(9-13-29)16-20-6-7-22(26)23(27)17-20;/h2-7,11,16-17,19,21,24H,8-10,12-15,18H2,1H3;2-9,22,25H,10-19H2,1H3;2-7,17,19,21H,8-16H2,1H3,(H,28,31);1H/t19-,21-;;;/m1.../s1. The molecule has 0 radical (unpaired) electrons. The third-order valence-corrected chi connectivity index (χ3v) is 23.6. The van der Waals surface area contributed by atoms with Gasteiger partial charge in [-0.05, 0) is 260 Å².